The number of hydrogen-bond donors (Lipinski definition) is 4. The number of nitrogens with one attached hydrogen (secondary N) is 2. The van der Waals surface area contributed by atoms with Gasteiger partial charge in [0.2, 0.25) is 0 Å². The van der Waals surface area contributed by atoms with Crippen LogP contribution < -0.4 is 25.8 Å². The first kappa shape index (κ1) is 25.4. The van der Waals surface area contributed by atoms with Gasteiger partial charge in [0.05, 0.1) is 11.6 Å². The van der Waals surface area contributed by atoms with E-state index in [0.717, 1.165) is 5.56 Å². The van der Waals surface area contributed by atoms with Crippen LogP contribution in [0.25, 0.3) is 0 Å². The first-order valence-corrected chi connectivity index (χ1v) is 12.0. The minimum Gasteiger partial charge on any atom is -0.489 e. The quantitative estimate of drug-likeness (QED) is 0.324. The Bertz CT molecular complexity index is 1290. The van der Waals surface area contributed by atoms with E-state index >= 15 is 0 Å². The molecule has 0 saturated heterocycles. The van der Waals surface area contributed by atoms with Crippen molar-refractivity contribution >= 4 is 17.7 Å². The average molecular weight is 501 g/mol. The van der Waals surface area contributed by atoms with Gasteiger partial charge in [-0.25, -0.2) is 4.79 Å². The molecule has 37 heavy (non-hydrogen) atoms. The summed E-state index contributed by atoms with van der Waals surface area (Å²) in [6.45, 7) is 0.257. The maximum absolute atomic E-state index is 13.1. The van der Waals surface area contributed by atoms with Gasteiger partial charge in [-0.2, -0.15) is 5.26 Å². The fraction of sp³-hybridized carbons (Fsp3) is 0.250. The zero-order chi connectivity index (χ0) is 26.2. The molecule has 0 unspecified atom stereocenters. The predicted molar refractivity (Wildman–Crippen MR) is 138 cm³/mol. The summed E-state index contributed by atoms with van der Waals surface area (Å²) < 4.78 is 11.9. The number of nitrogens with zero attached hydrogens (tertiary/aromatic N) is 1. The minimum atomic E-state index is -1.03. The van der Waals surface area contributed by atoms with E-state index in [1.165, 1.54) is 0 Å². The van der Waals surface area contributed by atoms with E-state index in [1.807, 2.05) is 18.2 Å². The van der Waals surface area contributed by atoms with Crippen molar-refractivity contribution in [2.45, 2.75) is 44.4 Å². The highest BCUT2D eigenvalue weighted by Crippen LogP contribution is 2.29. The molecule has 1 fully saturated rings. The number of ether oxygens (including phenoxy) is 2. The van der Waals surface area contributed by atoms with Crippen LogP contribution in [0.15, 0.2) is 66.7 Å². The number of carbonyl (C=O) groups is 2. The molecule has 0 atom stereocenters. The van der Waals surface area contributed by atoms with Crippen LogP contribution in [-0.2, 0) is 6.61 Å². The summed E-state index contributed by atoms with van der Waals surface area (Å²) in [5.41, 5.74) is 8.27. The fourth-order valence-corrected chi connectivity index (χ4v) is 4.25. The standard InChI is InChI=1S/C28H28N4O5/c29-16-18-4-10-24(11-5-18)37-26-14-20(13-25(15-26)36-17-19-2-1-3-21(30)12-19)27(33)31-22-6-8-23(9-7-22)32-28(34)35/h1-5,10-15,22-23,32H,6-9,17,30H2,(H,31,33)(H,34,35). The van der Waals surface area contributed by atoms with E-state index in [-0.39, 0.29) is 24.6 Å². The Hall–Kier alpha value is -4.71. The number of rotatable bonds is 8. The van der Waals surface area contributed by atoms with Gasteiger partial charge in [-0.1, -0.05) is 12.1 Å². The van der Waals surface area contributed by atoms with Crippen molar-refractivity contribution in [1.82, 2.24) is 10.6 Å². The van der Waals surface area contributed by atoms with E-state index in [4.69, 9.17) is 25.6 Å². The van der Waals surface area contributed by atoms with Gasteiger partial charge in [0.25, 0.3) is 5.91 Å². The number of benzene rings is 3. The second-order valence-electron chi connectivity index (χ2n) is 8.94. The van der Waals surface area contributed by atoms with Gasteiger partial charge in [-0.3, -0.25) is 4.79 Å². The van der Waals surface area contributed by atoms with Crippen LogP contribution >= 0.6 is 0 Å². The molecule has 0 radical (unpaired) electrons. The van der Waals surface area contributed by atoms with E-state index in [9.17, 15) is 9.59 Å². The largest absolute Gasteiger partial charge is 0.489 e. The van der Waals surface area contributed by atoms with Gasteiger partial charge in [0.1, 0.15) is 23.9 Å². The van der Waals surface area contributed by atoms with Crippen molar-refractivity contribution < 1.29 is 24.2 Å². The van der Waals surface area contributed by atoms with Crippen molar-refractivity contribution in [2.24, 2.45) is 0 Å². The third-order valence-corrected chi connectivity index (χ3v) is 6.11. The molecule has 4 rings (SSSR count). The number of anilines is 1. The molecule has 0 aromatic heterocycles. The average Bonchev–Trinajstić information content (AvgIpc) is 2.89. The van der Waals surface area contributed by atoms with E-state index < -0.39 is 6.09 Å². The summed E-state index contributed by atoms with van der Waals surface area (Å²) in [4.78, 5) is 24.0. The molecule has 1 aliphatic rings. The number of carboxylic acid groups (broad SMARTS) is 1. The molecule has 0 aliphatic heterocycles. The lowest BCUT2D eigenvalue weighted by Gasteiger charge is -2.29. The Morgan fingerprint density at radius 1 is 0.919 bits per heavy atom. The third kappa shape index (κ3) is 7.39. The number of amides is 2. The van der Waals surface area contributed by atoms with Crippen LogP contribution in [0, 0.1) is 11.3 Å². The molecule has 3 aromatic rings. The maximum atomic E-state index is 13.1. The summed E-state index contributed by atoms with van der Waals surface area (Å²) in [6.07, 6.45) is 1.65. The SMILES string of the molecule is N#Cc1ccc(Oc2cc(OCc3cccc(N)c3)cc(C(=O)NC3CCC(NC(=O)O)CC3)c2)cc1. The Morgan fingerprint density at radius 3 is 2.24 bits per heavy atom. The number of hydrogen-bond acceptors (Lipinski definition) is 6. The Labute approximate surface area is 214 Å². The van der Waals surface area contributed by atoms with Gasteiger partial charge >= 0.3 is 6.09 Å². The van der Waals surface area contributed by atoms with E-state index in [0.29, 0.717) is 59.7 Å². The zero-order valence-electron chi connectivity index (χ0n) is 20.1. The minimum absolute atomic E-state index is 0.0564. The summed E-state index contributed by atoms with van der Waals surface area (Å²) >= 11 is 0. The monoisotopic (exact) mass is 500 g/mol. The first-order valence-electron chi connectivity index (χ1n) is 12.0. The molecule has 9 heteroatoms. The highest BCUT2D eigenvalue weighted by molar-refractivity contribution is 5.95. The Balaban J connectivity index is 1.49. The van der Waals surface area contributed by atoms with Crippen molar-refractivity contribution in [1.29, 1.82) is 5.26 Å². The van der Waals surface area contributed by atoms with E-state index in [1.54, 1.807) is 48.5 Å². The topological polar surface area (TPSA) is 147 Å². The van der Waals surface area contributed by atoms with Crippen LogP contribution in [0.4, 0.5) is 10.5 Å². The molecule has 0 heterocycles. The van der Waals surface area contributed by atoms with Gasteiger partial charge in [-0.15, -0.1) is 0 Å². The Morgan fingerprint density at radius 2 is 1.59 bits per heavy atom. The smallest absolute Gasteiger partial charge is 0.404 e. The first-order chi connectivity index (χ1) is 17.9. The molecule has 0 spiro atoms. The van der Waals surface area contributed by atoms with Crippen LogP contribution in [0.5, 0.6) is 17.2 Å². The molecule has 190 valence electrons. The summed E-state index contributed by atoms with van der Waals surface area (Å²) in [5.74, 6) is 1.11. The van der Waals surface area contributed by atoms with Crippen LogP contribution in [0.1, 0.15) is 47.2 Å². The van der Waals surface area contributed by atoms with Crippen molar-refractivity contribution in [3.05, 3.63) is 83.4 Å². The molecule has 1 aliphatic carbocycles. The fourth-order valence-electron chi connectivity index (χ4n) is 4.25. The van der Waals surface area contributed by atoms with Crippen LogP contribution in [0.2, 0.25) is 0 Å². The number of nitriles is 1. The van der Waals surface area contributed by atoms with E-state index in [2.05, 4.69) is 16.7 Å². The lowest BCUT2D eigenvalue weighted by molar-refractivity contribution is 0.0922. The number of nitrogen functional groups attached to an aromatic ring is 1. The molecule has 5 N–H and O–H groups in total. The normalized spacial score (nSPS) is 16.7. The maximum Gasteiger partial charge on any atom is 0.404 e. The predicted octanol–water partition coefficient (Wildman–Crippen LogP) is 4.82. The molecular formula is C28H28N4O5. The molecule has 1 saturated carbocycles. The molecular weight excluding hydrogens is 472 g/mol. The Kier molecular flexibility index (Phi) is 8.11. The highest BCUT2D eigenvalue weighted by atomic mass is 16.5. The lowest BCUT2D eigenvalue weighted by atomic mass is 9.91. The van der Waals surface area contributed by atoms with Crippen molar-refractivity contribution in [3.8, 4) is 23.3 Å². The summed E-state index contributed by atoms with van der Waals surface area (Å²) in [6, 6.07) is 20.9. The second-order valence-corrected chi connectivity index (χ2v) is 8.94. The summed E-state index contributed by atoms with van der Waals surface area (Å²) in [7, 11) is 0. The number of carbonyl (C=O) groups excluding carboxylic acids is 1. The molecule has 2 amide bonds. The van der Waals surface area contributed by atoms with Gasteiger partial charge in [0, 0.05) is 29.4 Å². The van der Waals surface area contributed by atoms with Crippen LogP contribution in [-0.4, -0.2) is 29.2 Å². The lowest BCUT2D eigenvalue weighted by Crippen LogP contribution is -2.43. The molecule has 0 bridgehead atoms. The third-order valence-electron chi connectivity index (χ3n) is 6.11. The van der Waals surface area contributed by atoms with Crippen LogP contribution in [0.3, 0.4) is 0 Å². The van der Waals surface area contributed by atoms with Crippen molar-refractivity contribution in [2.75, 3.05) is 5.73 Å². The summed E-state index contributed by atoms with van der Waals surface area (Å²) in [5, 5.41) is 23.5. The van der Waals surface area contributed by atoms with Crippen molar-refractivity contribution in [3.63, 3.8) is 0 Å². The van der Waals surface area contributed by atoms with Gasteiger partial charge < -0.3 is 30.9 Å². The second kappa shape index (κ2) is 11.8. The zero-order valence-corrected chi connectivity index (χ0v) is 20.1. The number of nitrogens with two attached hydrogens (primary N) is 1. The highest BCUT2D eigenvalue weighted by Gasteiger charge is 2.24. The molecule has 9 nitrogen and oxygen atoms in total. The van der Waals surface area contributed by atoms with Gasteiger partial charge in [0.15, 0.2) is 0 Å². The van der Waals surface area contributed by atoms with Gasteiger partial charge in [-0.05, 0) is 79.8 Å². The molecule has 3 aromatic carbocycles.